The number of hydrogen-bond donors (Lipinski definition) is 1. The van der Waals surface area contributed by atoms with E-state index in [0.29, 0.717) is 0 Å². The van der Waals surface area contributed by atoms with Gasteiger partial charge in [0, 0.05) is 32.3 Å². The van der Waals surface area contributed by atoms with Gasteiger partial charge in [-0.25, -0.2) is 0 Å². The lowest BCUT2D eigenvalue weighted by molar-refractivity contribution is 0.0434. The zero-order chi connectivity index (χ0) is 10.9. The molecule has 1 fully saturated rings. The minimum absolute atomic E-state index is 0.742. The number of nitrogens with zero attached hydrogens (tertiary/aromatic N) is 1. The fourth-order valence-corrected chi connectivity index (χ4v) is 1.99. The van der Waals surface area contributed by atoms with Crippen LogP contribution in [0.25, 0.3) is 0 Å². The summed E-state index contributed by atoms with van der Waals surface area (Å²) in [6.07, 6.45) is 4.97. The molecule has 1 aliphatic heterocycles. The lowest BCUT2D eigenvalue weighted by Crippen LogP contribution is -2.40. The molecule has 0 bridgehead atoms. The first-order chi connectivity index (χ1) is 7.34. The maximum Gasteiger partial charge on any atom is 0.0480 e. The van der Waals surface area contributed by atoms with E-state index in [2.05, 4.69) is 24.2 Å². The van der Waals surface area contributed by atoms with Gasteiger partial charge in [-0.2, -0.15) is 0 Å². The minimum atomic E-state index is 0.742. The Hall–Kier alpha value is -0.120. The second-order valence-corrected chi connectivity index (χ2v) is 4.43. The Balaban J connectivity index is 1.99. The molecular weight excluding hydrogens is 188 g/mol. The van der Waals surface area contributed by atoms with Crippen molar-refractivity contribution < 1.29 is 4.74 Å². The molecule has 15 heavy (non-hydrogen) atoms. The van der Waals surface area contributed by atoms with Gasteiger partial charge in [-0.05, 0) is 32.9 Å². The SMILES string of the molecule is CCCCNCCN(C)C1CCOCC1. The molecule has 0 aromatic heterocycles. The predicted molar refractivity (Wildman–Crippen MR) is 64.2 cm³/mol. The Labute approximate surface area is 94.2 Å². The van der Waals surface area contributed by atoms with Gasteiger partial charge in [0.15, 0.2) is 0 Å². The first-order valence-electron chi connectivity index (χ1n) is 6.33. The quantitative estimate of drug-likeness (QED) is 0.650. The molecule has 0 aromatic rings. The van der Waals surface area contributed by atoms with E-state index in [-0.39, 0.29) is 0 Å². The van der Waals surface area contributed by atoms with Crippen LogP contribution in [0.4, 0.5) is 0 Å². The van der Waals surface area contributed by atoms with Crippen LogP contribution in [0.3, 0.4) is 0 Å². The number of ether oxygens (including phenoxy) is 1. The van der Waals surface area contributed by atoms with Crippen LogP contribution < -0.4 is 5.32 Å². The minimum Gasteiger partial charge on any atom is -0.381 e. The molecule has 0 aromatic carbocycles. The topological polar surface area (TPSA) is 24.5 Å². The van der Waals surface area contributed by atoms with Crippen LogP contribution >= 0.6 is 0 Å². The van der Waals surface area contributed by atoms with Crippen LogP contribution in [0, 0.1) is 0 Å². The van der Waals surface area contributed by atoms with Crippen molar-refractivity contribution in [1.82, 2.24) is 10.2 Å². The van der Waals surface area contributed by atoms with Gasteiger partial charge in [0.25, 0.3) is 0 Å². The van der Waals surface area contributed by atoms with E-state index in [1.807, 2.05) is 0 Å². The summed E-state index contributed by atoms with van der Waals surface area (Å²) in [6, 6.07) is 0.742. The Kier molecular flexibility index (Phi) is 6.98. The van der Waals surface area contributed by atoms with Gasteiger partial charge in [0.1, 0.15) is 0 Å². The molecule has 0 unspecified atom stereocenters. The molecule has 1 aliphatic rings. The highest BCUT2D eigenvalue weighted by molar-refractivity contribution is 4.72. The molecule has 1 rings (SSSR count). The summed E-state index contributed by atoms with van der Waals surface area (Å²) in [6.45, 7) is 7.56. The maximum atomic E-state index is 5.37. The van der Waals surface area contributed by atoms with E-state index >= 15 is 0 Å². The molecule has 1 N–H and O–H groups in total. The summed E-state index contributed by atoms with van der Waals surface area (Å²) in [7, 11) is 2.23. The molecule has 0 atom stereocenters. The summed E-state index contributed by atoms with van der Waals surface area (Å²) in [5.74, 6) is 0. The maximum absolute atomic E-state index is 5.37. The first kappa shape index (κ1) is 12.9. The highest BCUT2D eigenvalue weighted by Gasteiger charge is 2.17. The normalized spacial score (nSPS) is 18.6. The average Bonchev–Trinajstić information content (AvgIpc) is 2.30. The Morgan fingerprint density at radius 3 is 2.67 bits per heavy atom. The molecule has 1 heterocycles. The van der Waals surface area contributed by atoms with Crippen LogP contribution in [-0.2, 0) is 4.74 Å². The van der Waals surface area contributed by atoms with Crippen LogP contribution in [0.5, 0.6) is 0 Å². The summed E-state index contributed by atoms with van der Waals surface area (Å²) in [5, 5.41) is 3.48. The molecule has 0 radical (unpaired) electrons. The number of hydrogen-bond acceptors (Lipinski definition) is 3. The summed E-state index contributed by atoms with van der Waals surface area (Å²) in [5.41, 5.74) is 0. The average molecular weight is 214 g/mol. The van der Waals surface area contributed by atoms with Crippen LogP contribution in [0.15, 0.2) is 0 Å². The van der Waals surface area contributed by atoms with Crippen molar-refractivity contribution in [2.45, 2.75) is 38.6 Å². The third kappa shape index (κ3) is 5.50. The first-order valence-corrected chi connectivity index (χ1v) is 6.33. The van der Waals surface area contributed by atoms with Crippen molar-refractivity contribution in [3.8, 4) is 0 Å². The largest absolute Gasteiger partial charge is 0.381 e. The van der Waals surface area contributed by atoms with E-state index in [4.69, 9.17) is 4.74 Å². The number of unbranched alkanes of at least 4 members (excludes halogenated alkanes) is 1. The van der Waals surface area contributed by atoms with E-state index in [0.717, 1.165) is 38.9 Å². The van der Waals surface area contributed by atoms with Gasteiger partial charge >= 0.3 is 0 Å². The lowest BCUT2D eigenvalue weighted by Gasteiger charge is -2.31. The van der Waals surface area contributed by atoms with Gasteiger partial charge in [-0.15, -0.1) is 0 Å². The van der Waals surface area contributed by atoms with Crippen LogP contribution in [0.2, 0.25) is 0 Å². The van der Waals surface area contributed by atoms with Gasteiger partial charge in [-0.3, -0.25) is 0 Å². The van der Waals surface area contributed by atoms with Crippen molar-refractivity contribution >= 4 is 0 Å². The van der Waals surface area contributed by atoms with Gasteiger partial charge in [-0.1, -0.05) is 13.3 Å². The summed E-state index contributed by atoms with van der Waals surface area (Å²) < 4.78 is 5.37. The van der Waals surface area contributed by atoms with Gasteiger partial charge in [0.2, 0.25) is 0 Å². The molecule has 0 amide bonds. The fourth-order valence-electron chi connectivity index (χ4n) is 1.99. The van der Waals surface area contributed by atoms with Gasteiger partial charge < -0.3 is 15.0 Å². The van der Waals surface area contributed by atoms with Crippen molar-refractivity contribution in [2.75, 3.05) is 39.9 Å². The highest BCUT2D eigenvalue weighted by atomic mass is 16.5. The molecule has 0 aliphatic carbocycles. The predicted octanol–water partition coefficient (Wildman–Crippen LogP) is 1.49. The summed E-state index contributed by atoms with van der Waals surface area (Å²) >= 11 is 0. The fraction of sp³-hybridized carbons (Fsp3) is 1.00. The smallest absolute Gasteiger partial charge is 0.0480 e. The zero-order valence-electron chi connectivity index (χ0n) is 10.3. The van der Waals surface area contributed by atoms with Crippen molar-refractivity contribution in [1.29, 1.82) is 0 Å². The zero-order valence-corrected chi connectivity index (χ0v) is 10.3. The monoisotopic (exact) mass is 214 g/mol. The molecule has 0 spiro atoms. The third-order valence-corrected chi connectivity index (χ3v) is 3.16. The Bertz CT molecular complexity index is 147. The number of rotatable bonds is 7. The number of nitrogens with one attached hydrogen (secondary N) is 1. The standard InChI is InChI=1S/C12H26N2O/c1-3-4-7-13-8-9-14(2)12-5-10-15-11-6-12/h12-13H,3-11H2,1-2H3. The van der Waals surface area contributed by atoms with Crippen LogP contribution in [0.1, 0.15) is 32.6 Å². The highest BCUT2D eigenvalue weighted by Crippen LogP contribution is 2.11. The van der Waals surface area contributed by atoms with Crippen molar-refractivity contribution in [3.05, 3.63) is 0 Å². The second kappa shape index (κ2) is 8.08. The molecule has 1 saturated heterocycles. The Morgan fingerprint density at radius 2 is 2.00 bits per heavy atom. The van der Waals surface area contributed by atoms with Gasteiger partial charge in [0.05, 0.1) is 0 Å². The summed E-state index contributed by atoms with van der Waals surface area (Å²) in [4.78, 5) is 2.47. The molecular formula is C12H26N2O. The van der Waals surface area contributed by atoms with E-state index in [1.165, 1.54) is 25.7 Å². The third-order valence-electron chi connectivity index (χ3n) is 3.16. The van der Waals surface area contributed by atoms with E-state index in [1.54, 1.807) is 0 Å². The lowest BCUT2D eigenvalue weighted by atomic mass is 10.1. The molecule has 0 saturated carbocycles. The number of likely N-dealkylation sites (N-methyl/N-ethyl adjacent to an activating group) is 1. The van der Waals surface area contributed by atoms with Crippen LogP contribution in [-0.4, -0.2) is 50.8 Å². The van der Waals surface area contributed by atoms with Crippen molar-refractivity contribution in [3.63, 3.8) is 0 Å². The Morgan fingerprint density at radius 1 is 1.27 bits per heavy atom. The molecule has 3 heteroatoms. The van der Waals surface area contributed by atoms with Crippen molar-refractivity contribution in [2.24, 2.45) is 0 Å². The van der Waals surface area contributed by atoms with E-state index in [9.17, 15) is 0 Å². The molecule has 3 nitrogen and oxygen atoms in total. The van der Waals surface area contributed by atoms with E-state index < -0.39 is 0 Å². The molecule has 90 valence electrons. The second-order valence-electron chi connectivity index (χ2n) is 4.43.